The maximum atomic E-state index is 11.5. The van der Waals surface area contributed by atoms with Crippen molar-refractivity contribution in [3.8, 4) is 0 Å². The fraction of sp³-hybridized carbons (Fsp3) is 0.917. The number of carbonyl (C=O) groups excluding carboxylic acids is 1. The van der Waals surface area contributed by atoms with Crippen LogP contribution in [0.2, 0.25) is 0 Å². The minimum absolute atomic E-state index is 0.0699. The molecule has 1 unspecified atom stereocenters. The lowest BCUT2D eigenvalue weighted by molar-refractivity contribution is -0.118. The van der Waals surface area contributed by atoms with Crippen LogP contribution in [-0.2, 0) is 4.79 Å². The quantitative estimate of drug-likeness (QED) is 0.759. The van der Waals surface area contributed by atoms with Crippen LogP contribution >= 0.6 is 11.8 Å². The summed E-state index contributed by atoms with van der Waals surface area (Å²) in [6, 6.07) is 0.659. The summed E-state index contributed by atoms with van der Waals surface area (Å²) < 4.78 is 0. The van der Waals surface area contributed by atoms with E-state index in [9.17, 15) is 4.79 Å². The number of Topliss-reactive ketones (excluding diaryl/α,β-unsaturated/α-hetero) is 1. The van der Waals surface area contributed by atoms with Crippen molar-refractivity contribution in [1.29, 1.82) is 0 Å². The lowest BCUT2D eigenvalue weighted by atomic mass is 10.2. The smallest absolute Gasteiger partial charge is 0.147 e. The largest absolute Gasteiger partial charge is 0.304 e. The maximum Gasteiger partial charge on any atom is 0.147 e. The number of ketones is 1. The summed E-state index contributed by atoms with van der Waals surface area (Å²) in [6.07, 6.45) is 5.13. The first kappa shape index (κ1) is 13.0. The monoisotopic (exact) mass is 229 g/mol. The Bertz CT molecular complexity index is 200. The van der Waals surface area contributed by atoms with E-state index in [1.54, 1.807) is 6.92 Å². The molecule has 2 nitrogen and oxygen atoms in total. The first-order valence-corrected chi connectivity index (χ1v) is 7.02. The summed E-state index contributed by atoms with van der Waals surface area (Å²) in [5.74, 6) is 1.21. The van der Waals surface area contributed by atoms with Gasteiger partial charge in [0.05, 0.1) is 6.04 Å². The van der Waals surface area contributed by atoms with Gasteiger partial charge in [0.15, 0.2) is 0 Å². The van der Waals surface area contributed by atoms with E-state index in [-0.39, 0.29) is 11.8 Å². The molecule has 0 saturated heterocycles. The van der Waals surface area contributed by atoms with E-state index in [4.69, 9.17) is 0 Å². The van der Waals surface area contributed by atoms with Crippen LogP contribution in [-0.4, -0.2) is 28.9 Å². The lowest BCUT2D eigenvalue weighted by Crippen LogP contribution is -2.43. The average Bonchev–Trinajstić information content (AvgIpc) is 2.63. The molecular weight excluding hydrogens is 206 g/mol. The van der Waals surface area contributed by atoms with Gasteiger partial charge in [0.1, 0.15) is 5.78 Å². The molecule has 1 aliphatic rings. The SMILES string of the molecule is CC(=O)C(CSC(C)C)NC1CCCC1. The molecule has 3 heteroatoms. The number of nitrogens with one attached hydrogen (secondary N) is 1. The highest BCUT2D eigenvalue weighted by Gasteiger charge is 2.21. The molecule has 1 N–H and O–H groups in total. The molecule has 1 atom stereocenters. The fourth-order valence-corrected chi connectivity index (χ4v) is 2.86. The van der Waals surface area contributed by atoms with Crippen molar-refractivity contribution < 1.29 is 4.79 Å². The van der Waals surface area contributed by atoms with Crippen LogP contribution in [0.1, 0.15) is 46.5 Å². The van der Waals surface area contributed by atoms with Crippen LogP contribution < -0.4 is 5.32 Å². The van der Waals surface area contributed by atoms with Crippen LogP contribution in [0.5, 0.6) is 0 Å². The second-order valence-electron chi connectivity index (χ2n) is 4.69. The molecule has 1 aliphatic carbocycles. The number of thioether (sulfide) groups is 1. The zero-order valence-corrected chi connectivity index (χ0v) is 10.9. The van der Waals surface area contributed by atoms with Gasteiger partial charge < -0.3 is 5.32 Å². The summed E-state index contributed by atoms with van der Waals surface area (Å²) in [5, 5.41) is 4.11. The Balaban J connectivity index is 2.32. The topological polar surface area (TPSA) is 29.1 Å². The molecule has 1 saturated carbocycles. The van der Waals surface area contributed by atoms with Gasteiger partial charge in [-0.2, -0.15) is 11.8 Å². The molecule has 0 aromatic rings. The van der Waals surface area contributed by atoms with Gasteiger partial charge in [-0.1, -0.05) is 26.7 Å². The van der Waals surface area contributed by atoms with Gasteiger partial charge in [0.2, 0.25) is 0 Å². The van der Waals surface area contributed by atoms with Gasteiger partial charge in [-0.15, -0.1) is 0 Å². The standard InChI is InChI=1S/C12H23NOS/c1-9(2)15-8-12(10(3)14)13-11-6-4-5-7-11/h9,11-13H,4-8H2,1-3H3. The average molecular weight is 229 g/mol. The van der Waals surface area contributed by atoms with E-state index in [1.807, 2.05) is 11.8 Å². The van der Waals surface area contributed by atoms with Crippen molar-refractivity contribution in [2.75, 3.05) is 5.75 Å². The first-order valence-electron chi connectivity index (χ1n) is 5.97. The third kappa shape index (κ3) is 5.03. The number of rotatable bonds is 6. The van der Waals surface area contributed by atoms with E-state index < -0.39 is 0 Å². The zero-order valence-electron chi connectivity index (χ0n) is 10.1. The number of hydrogen-bond acceptors (Lipinski definition) is 3. The molecular formula is C12H23NOS. The van der Waals surface area contributed by atoms with Gasteiger partial charge >= 0.3 is 0 Å². The summed E-state index contributed by atoms with van der Waals surface area (Å²) in [5.41, 5.74) is 0. The molecule has 0 aromatic heterocycles. The molecule has 1 fully saturated rings. The van der Waals surface area contributed by atoms with Crippen LogP contribution in [0.3, 0.4) is 0 Å². The van der Waals surface area contributed by atoms with Gasteiger partial charge in [0.25, 0.3) is 0 Å². The minimum Gasteiger partial charge on any atom is -0.304 e. The van der Waals surface area contributed by atoms with Crippen molar-refractivity contribution in [3.05, 3.63) is 0 Å². The van der Waals surface area contributed by atoms with E-state index >= 15 is 0 Å². The highest BCUT2D eigenvalue weighted by atomic mass is 32.2. The molecule has 15 heavy (non-hydrogen) atoms. The molecule has 0 spiro atoms. The van der Waals surface area contributed by atoms with Crippen LogP contribution in [0.25, 0.3) is 0 Å². The van der Waals surface area contributed by atoms with Crippen LogP contribution in [0.15, 0.2) is 0 Å². The highest BCUT2D eigenvalue weighted by molar-refractivity contribution is 7.99. The molecule has 0 aromatic carbocycles. The normalized spacial score (nSPS) is 19.7. The lowest BCUT2D eigenvalue weighted by Gasteiger charge is -2.21. The van der Waals surface area contributed by atoms with E-state index in [0.29, 0.717) is 11.3 Å². The summed E-state index contributed by atoms with van der Waals surface area (Å²) in [6.45, 7) is 6.06. The molecule has 1 rings (SSSR count). The molecule has 0 aliphatic heterocycles. The molecule has 0 bridgehead atoms. The van der Waals surface area contributed by atoms with Crippen molar-refractivity contribution in [3.63, 3.8) is 0 Å². The first-order chi connectivity index (χ1) is 7.09. The number of hydrogen-bond donors (Lipinski definition) is 1. The summed E-state index contributed by atoms with van der Waals surface area (Å²) in [7, 11) is 0. The van der Waals surface area contributed by atoms with Crippen molar-refractivity contribution >= 4 is 17.5 Å². The zero-order chi connectivity index (χ0) is 11.3. The Labute approximate surface area is 97.6 Å². The molecule has 88 valence electrons. The second-order valence-corrected chi connectivity index (χ2v) is 6.30. The summed E-state index contributed by atoms with van der Waals surface area (Å²) >= 11 is 1.87. The Morgan fingerprint density at radius 2 is 2.00 bits per heavy atom. The van der Waals surface area contributed by atoms with E-state index in [1.165, 1.54) is 25.7 Å². The van der Waals surface area contributed by atoms with Gasteiger partial charge in [-0.05, 0) is 25.0 Å². The van der Waals surface area contributed by atoms with E-state index in [0.717, 1.165) is 5.75 Å². The van der Waals surface area contributed by atoms with Crippen LogP contribution in [0.4, 0.5) is 0 Å². The molecule has 0 amide bonds. The minimum atomic E-state index is 0.0699. The Kier molecular flexibility index (Phi) is 5.69. The third-order valence-electron chi connectivity index (χ3n) is 2.88. The Morgan fingerprint density at radius 1 is 1.40 bits per heavy atom. The molecule has 0 heterocycles. The molecule has 0 radical (unpaired) electrons. The Hall–Kier alpha value is -0.0200. The van der Waals surface area contributed by atoms with Gasteiger partial charge in [-0.3, -0.25) is 4.79 Å². The third-order valence-corrected chi connectivity index (χ3v) is 4.07. The van der Waals surface area contributed by atoms with E-state index in [2.05, 4.69) is 19.2 Å². The predicted octanol–water partition coefficient (Wildman–Crippen LogP) is 2.62. The van der Waals surface area contributed by atoms with Crippen molar-refractivity contribution in [1.82, 2.24) is 5.32 Å². The predicted molar refractivity (Wildman–Crippen MR) is 67.5 cm³/mol. The highest BCUT2D eigenvalue weighted by Crippen LogP contribution is 2.19. The second kappa shape index (κ2) is 6.54. The van der Waals surface area contributed by atoms with Crippen LogP contribution in [0, 0.1) is 0 Å². The van der Waals surface area contributed by atoms with Gasteiger partial charge in [-0.25, -0.2) is 0 Å². The van der Waals surface area contributed by atoms with Crippen molar-refractivity contribution in [2.24, 2.45) is 0 Å². The van der Waals surface area contributed by atoms with Gasteiger partial charge in [0, 0.05) is 11.8 Å². The maximum absolute atomic E-state index is 11.5. The number of carbonyl (C=O) groups is 1. The van der Waals surface area contributed by atoms with Crippen molar-refractivity contribution in [2.45, 2.75) is 63.8 Å². The summed E-state index contributed by atoms with van der Waals surface area (Å²) in [4.78, 5) is 11.5. The Morgan fingerprint density at radius 3 is 2.47 bits per heavy atom. The fourth-order valence-electron chi connectivity index (χ4n) is 1.95.